The van der Waals surface area contributed by atoms with E-state index < -0.39 is 10.0 Å². The largest absolute Gasteiger partial charge is 0.352 e. The van der Waals surface area contributed by atoms with Crippen LogP contribution in [0, 0.1) is 6.92 Å². The zero-order valence-electron chi connectivity index (χ0n) is 16.4. The highest BCUT2D eigenvalue weighted by molar-refractivity contribution is 7.89. The summed E-state index contributed by atoms with van der Waals surface area (Å²) in [6, 6.07) is 7.08. The Morgan fingerprint density at radius 2 is 1.70 bits per heavy atom. The maximum Gasteiger partial charge on any atom is 0.243 e. The molecule has 0 aromatic heterocycles. The van der Waals surface area contributed by atoms with Gasteiger partial charge in [0.2, 0.25) is 15.9 Å². The molecule has 1 amide bonds. The highest BCUT2D eigenvalue weighted by atomic mass is 32.2. The predicted molar refractivity (Wildman–Crippen MR) is 106 cm³/mol. The highest BCUT2D eigenvalue weighted by Crippen LogP contribution is 2.20. The Bertz CT molecular complexity index is 742. The lowest BCUT2D eigenvalue weighted by molar-refractivity contribution is -0.126. The van der Waals surface area contributed by atoms with Crippen LogP contribution in [-0.4, -0.2) is 61.8 Å². The monoisotopic (exact) mass is 393 g/mol. The molecule has 1 aromatic carbocycles. The average Bonchev–Trinajstić information content (AvgIpc) is 3.02. The Balaban J connectivity index is 1.60. The lowest BCUT2D eigenvalue weighted by Gasteiger charge is -2.28. The Hall–Kier alpha value is -1.44. The van der Waals surface area contributed by atoms with Gasteiger partial charge in [0.15, 0.2) is 0 Å². The van der Waals surface area contributed by atoms with Crippen LogP contribution in [0.5, 0.6) is 0 Å². The number of nitrogens with one attached hydrogen (secondary N) is 1. The van der Waals surface area contributed by atoms with E-state index in [9.17, 15) is 13.2 Å². The van der Waals surface area contributed by atoms with Crippen LogP contribution in [0.2, 0.25) is 0 Å². The molecule has 0 radical (unpaired) electrons. The van der Waals surface area contributed by atoms with Crippen LogP contribution in [0.4, 0.5) is 0 Å². The predicted octanol–water partition coefficient (Wildman–Crippen LogP) is 2.14. The van der Waals surface area contributed by atoms with E-state index in [2.05, 4.69) is 10.2 Å². The van der Waals surface area contributed by atoms with Crippen LogP contribution < -0.4 is 5.32 Å². The molecule has 1 aliphatic heterocycles. The van der Waals surface area contributed by atoms with Gasteiger partial charge < -0.3 is 5.32 Å². The van der Waals surface area contributed by atoms with Crippen molar-refractivity contribution in [1.82, 2.24) is 14.5 Å². The number of aryl methyl sites for hydroxylation is 1. The molecule has 1 saturated carbocycles. The summed E-state index contributed by atoms with van der Waals surface area (Å²) in [6.45, 7) is 6.08. The topological polar surface area (TPSA) is 69.7 Å². The lowest BCUT2D eigenvalue weighted by atomic mass is 10.2. The summed E-state index contributed by atoms with van der Waals surface area (Å²) in [5.74, 6) is 0.0664. The molecule has 6 nitrogen and oxygen atoms in total. The summed E-state index contributed by atoms with van der Waals surface area (Å²) < 4.78 is 27.4. The van der Waals surface area contributed by atoms with Gasteiger partial charge in [-0.15, -0.1) is 0 Å². The minimum Gasteiger partial charge on any atom is -0.352 e. The third kappa shape index (κ3) is 4.89. The molecule has 1 heterocycles. The van der Waals surface area contributed by atoms with Crippen LogP contribution >= 0.6 is 0 Å². The maximum atomic E-state index is 12.9. The molecule has 2 fully saturated rings. The van der Waals surface area contributed by atoms with E-state index in [-0.39, 0.29) is 11.9 Å². The number of rotatable bonds is 5. The van der Waals surface area contributed by atoms with Gasteiger partial charge in [-0.3, -0.25) is 9.69 Å². The number of sulfonamides is 1. The minimum atomic E-state index is -3.48. The molecule has 0 unspecified atom stereocenters. The Morgan fingerprint density at radius 3 is 2.37 bits per heavy atom. The summed E-state index contributed by atoms with van der Waals surface area (Å²) in [5.41, 5.74) is 1.04. The van der Waals surface area contributed by atoms with Crippen LogP contribution in [0.1, 0.15) is 44.6 Å². The zero-order chi connectivity index (χ0) is 19.4. The van der Waals surface area contributed by atoms with Crippen molar-refractivity contribution in [1.29, 1.82) is 0 Å². The average molecular weight is 394 g/mol. The second-order valence-electron chi connectivity index (χ2n) is 7.77. The molecular weight excluding hydrogens is 362 g/mol. The molecule has 0 bridgehead atoms. The van der Waals surface area contributed by atoms with Crippen LogP contribution in [0.3, 0.4) is 0 Å². The van der Waals surface area contributed by atoms with Gasteiger partial charge in [0.05, 0.1) is 10.9 Å². The van der Waals surface area contributed by atoms with Crippen LogP contribution in [0.15, 0.2) is 29.2 Å². The first-order chi connectivity index (χ1) is 12.9. The SMILES string of the molecule is Cc1ccc(S(=O)(=O)N2CCCN([C@H](C)C(=O)NC3CCCC3)CC2)cc1. The summed E-state index contributed by atoms with van der Waals surface area (Å²) in [7, 11) is -3.48. The molecule has 1 N–H and O–H groups in total. The van der Waals surface area contributed by atoms with Crippen molar-refractivity contribution in [2.75, 3.05) is 26.2 Å². The molecule has 1 saturated heterocycles. The van der Waals surface area contributed by atoms with Crippen molar-refractivity contribution in [3.05, 3.63) is 29.8 Å². The molecule has 2 aliphatic rings. The van der Waals surface area contributed by atoms with E-state index in [0.717, 1.165) is 31.4 Å². The summed E-state index contributed by atoms with van der Waals surface area (Å²) >= 11 is 0. The summed E-state index contributed by atoms with van der Waals surface area (Å²) in [4.78, 5) is 15.0. The van der Waals surface area contributed by atoms with Gasteiger partial charge in [-0.2, -0.15) is 4.31 Å². The second-order valence-corrected chi connectivity index (χ2v) is 9.71. The molecule has 150 valence electrons. The van der Waals surface area contributed by atoms with Crippen LogP contribution in [0.25, 0.3) is 0 Å². The van der Waals surface area contributed by atoms with Gasteiger partial charge in [-0.05, 0) is 45.2 Å². The molecule has 3 rings (SSSR count). The Labute approximate surface area is 163 Å². The number of hydrogen-bond donors (Lipinski definition) is 1. The molecule has 1 aromatic rings. The van der Waals surface area contributed by atoms with E-state index in [4.69, 9.17) is 0 Å². The smallest absolute Gasteiger partial charge is 0.243 e. The number of carbonyl (C=O) groups excluding carboxylic acids is 1. The van der Waals surface area contributed by atoms with Gasteiger partial charge >= 0.3 is 0 Å². The fraction of sp³-hybridized carbons (Fsp3) is 0.650. The summed E-state index contributed by atoms with van der Waals surface area (Å²) in [6.07, 6.45) is 5.25. The Morgan fingerprint density at radius 1 is 1.04 bits per heavy atom. The van der Waals surface area contributed by atoms with Gasteiger partial charge in [0, 0.05) is 32.2 Å². The van der Waals surface area contributed by atoms with E-state index in [0.29, 0.717) is 30.6 Å². The van der Waals surface area contributed by atoms with Crippen molar-refractivity contribution in [2.24, 2.45) is 0 Å². The number of carbonyl (C=O) groups is 1. The summed E-state index contributed by atoms with van der Waals surface area (Å²) in [5, 5.41) is 3.16. The van der Waals surface area contributed by atoms with E-state index in [1.165, 1.54) is 12.8 Å². The number of amides is 1. The zero-order valence-corrected chi connectivity index (χ0v) is 17.2. The lowest BCUT2D eigenvalue weighted by Crippen LogP contribution is -2.48. The van der Waals surface area contributed by atoms with Gasteiger partial charge in [0.1, 0.15) is 0 Å². The second kappa shape index (κ2) is 8.71. The molecule has 1 atom stereocenters. The van der Waals surface area contributed by atoms with Crippen molar-refractivity contribution in [2.45, 2.75) is 62.9 Å². The minimum absolute atomic E-state index is 0.0664. The Kier molecular flexibility index (Phi) is 6.55. The van der Waals surface area contributed by atoms with Crippen LogP contribution in [-0.2, 0) is 14.8 Å². The van der Waals surface area contributed by atoms with E-state index >= 15 is 0 Å². The number of benzene rings is 1. The fourth-order valence-electron chi connectivity index (χ4n) is 3.96. The molecule has 27 heavy (non-hydrogen) atoms. The van der Waals surface area contributed by atoms with Crippen molar-refractivity contribution in [3.8, 4) is 0 Å². The third-order valence-corrected chi connectivity index (χ3v) is 7.69. The van der Waals surface area contributed by atoms with Crippen molar-refractivity contribution in [3.63, 3.8) is 0 Å². The number of hydrogen-bond acceptors (Lipinski definition) is 4. The van der Waals surface area contributed by atoms with E-state index in [1.807, 2.05) is 26.0 Å². The maximum absolute atomic E-state index is 12.9. The third-order valence-electron chi connectivity index (χ3n) is 5.78. The van der Waals surface area contributed by atoms with E-state index in [1.54, 1.807) is 16.4 Å². The standard InChI is InChI=1S/C20H31N3O3S/c1-16-8-10-19(11-9-16)27(25,26)23-13-5-12-22(14-15-23)17(2)20(24)21-18-6-3-4-7-18/h8-11,17-18H,3-7,12-15H2,1-2H3,(H,21,24)/t17-/m1/s1. The molecule has 7 heteroatoms. The first-order valence-corrected chi connectivity index (χ1v) is 11.4. The van der Waals surface area contributed by atoms with Crippen molar-refractivity contribution < 1.29 is 13.2 Å². The normalized spacial score (nSPS) is 21.7. The first kappa shape index (κ1) is 20.3. The van der Waals surface area contributed by atoms with Gasteiger partial charge in [-0.25, -0.2) is 8.42 Å². The quantitative estimate of drug-likeness (QED) is 0.832. The highest BCUT2D eigenvalue weighted by Gasteiger charge is 2.30. The fourth-order valence-corrected chi connectivity index (χ4v) is 5.43. The van der Waals surface area contributed by atoms with Gasteiger partial charge in [0.25, 0.3) is 0 Å². The molecular formula is C20H31N3O3S. The first-order valence-electron chi connectivity index (χ1n) is 9.99. The van der Waals surface area contributed by atoms with Gasteiger partial charge in [-0.1, -0.05) is 30.5 Å². The molecule has 1 aliphatic carbocycles. The van der Waals surface area contributed by atoms with Crippen molar-refractivity contribution >= 4 is 15.9 Å². The number of nitrogens with zero attached hydrogens (tertiary/aromatic N) is 2. The molecule has 0 spiro atoms.